The molecular weight excluding hydrogens is 343 g/mol. The Labute approximate surface area is 146 Å². The van der Waals surface area contributed by atoms with E-state index in [0.717, 1.165) is 10.1 Å². The number of nitrogens with one attached hydrogen (secondary N) is 1. The normalized spacial score (nSPS) is 13.0. The zero-order valence-electron chi connectivity index (χ0n) is 14.4. The number of rotatable bonds is 1. The zero-order chi connectivity index (χ0) is 18.7. The summed E-state index contributed by atoms with van der Waals surface area (Å²) in [6, 6.07) is 8.24. The molecule has 5 nitrogen and oxygen atoms in total. The number of H-pyrrole nitrogens is 1. The van der Waals surface area contributed by atoms with Crippen LogP contribution in [0.25, 0.3) is 27.8 Å². The highest BCUT2D eigenvalue weighted by Crippen LogP contribution is 2.34. The molecule has 0 saturated carbocycles. The van der Waals surface area contributed by atoms with E-state index in [4.69, 9.17) is 0 Å². The molecule has 8 heteroatoms. The summed E-state index contributed by atoms with van der Waals surface area (Å²) in [7, 11) is 0. The van der Waals surface area contributed by atoms with Crippen LogP contribution in [0.2, 0.25) is 0 Å². The first-order valence-electron chi connectivity index (χ1n) is 8.05. The van der Waals surface area contributed by atoms with Crippen LogP contribution < -0.4 is 0 Å². The Bertz CT molecular complexity index is 1120. The summed E-state index contributed by atoms with van der Waals surface area (Å²) in [5, 5.41) is 7.42. The fourth-order valence-electron chi connectivity index (χ4n) is 2.88. The van der Waals surface area contributed by atoms with Crippen molar-refractivity contribution in [3.8, 4) is 5.69 Å². The number of fused-ring (bicyclic) bond motifs is 2. The van der Waals surface area contributed by atoms with E-state index in [1.54, 1.807) is 36.5 Å². The fraction of sp³-hybridized carbons (Fsp3) is 0.278. The van der Waals surface area contributed by atoms with Crippen molar-refractivity contribution in [2.45, 2.75) is 32.4 Å². The summed E-state index contributed by atoms with van der Waals surface area (Å²) in [5.41, 5.74) is 1.88. The number of pyridine rings is 1. The number of nitrogens with zero attached hydrogens (tertiary/aromatic N) is 4. The molecule has 0 aliphatic heterocycles. The van der Waals surface area contributed by atoms with E-state index in [9.17, 15) is 13.2 Å². The molecule has 0 bridgehead atoms. The third kappa shape index (κ3) is 2.61. The molecule has 0 spiro atoms. The number of aromatic nitrogens is 5. The lowest BCUT2D eigenvalue weighted by Crippen LogP contribution is -2.15. The first-order chi connectivity index (χ1) is 12.1. The van der Waals surface area contributed by atoms with Crippen molar-refractivity contribution < 1.29 is 13.2 Å². The lowest BCUT2D eigenvalue weighted by molar-refractivity contribution is -0.145. The molecule has 3 aromatic heterocycles. The Hall–Kier alpha value is -2.90. The molecule has 4 rings (SSSR count). The minimum Gasteiger partial charge on any atom is -0.278 e. The monoisotopic (exact) mass is 359 g/mol. The zero-order valence-corrected chi connectivity index (χ0v) is 14.4. The molecule has 0 aliphatic rings. The van der Waals surface area contributed by atoms with Crippen LogP contribution in [0.5, 0.6) is 0 Å². The molecule has 0 unspecified atom stereocenters. The van der Waals surface area contributed by atoms with Gasteiger partial charge in [0.15, 0.2) is 5.65 Å². The number of aromatic amines is 1. The van der Waals surface area contributed by atoms with Crippen LogP contribution in [-0.2, 0) is 11.6 Å². The summed E-state index contributed by atoms with van der Waals surface area (Å²) < 4.78 is 42.0. The number of alkyl halides is 3. The van der Waals surface area contributed by atoms with E-state index < -0.39 is 12.0 Å². The summed E-state index contributed by atoms with van der Waals surface area (Å²) in [5.74, 6) is -0.992. The Morgan fingerprint density at radius 2 is 1.77 bits per heavy atom. The van der Waals surface area contributed by atoms with Gasteiger partial charge in [0.25, 0.3) is 0 Å². The summed E-state index contributed by atoms with van der Waals surface area (Å²) in [6.07, 6.45) is -3.03. The topological polar surface area (TPSA) is 59.4 Å². The van der Waals surface area contributed by atoms with Gasteiger partial charge in [-0.1, -0.05) is 20.8 Å². The molecule has 0 fully saturated rings. The second kappa shape index (κ2) is 5.30. The van der Waals surface area contributed by atoms with Crippen molar-refractivity contribution in [1.82, 2.24) is 24.7 Å². The second-order valence-electron chi connectivity index (χ2n) is 7.20. The van der Waals surface area contributed by atoms with Gasteiger partial charge in [-0.2, -0.15) is 18.3 Å². The smallest absolute Gasteiger partial charge is 0.278 e. The molecule has 3 heterocycles. The molecule has 1 aromatic carbocycles. The van der Waals surface area contributed by atoms with Gasteiger partial charge in [-0.05, 0) is 30.3 Å². The average molecular weight is 359 g/mol. The lowest BCUT2D eigenvalue weighted by Gasteiger charge is -2.18. The van der Waals surface area contributed by atoms with Crippen molar-refractivity contribution in [2.75, 3.05) is 0 Å². The molecule has 4 aromatic rings. The Balaban J connectivity index is 2.06. The SMILES string of the molecule is CC(C)(C)c1ccc2nc(C(F)(F)F)n(-c3ccc4[nH]ncc4c3)c2n1. The van der Waals surface area contributed by atoms with Gasteiger partial charge in [-0.25, -0.2) is 9.97 Å². The summed E-state index contributed by atoms with van der Waals surface area (Å²) >= 11 is 0. The van der Waals surface area contributed by atoms with Crippen molar-refractivity contribution in [1.29, 1.82) is 0 Å². The van der Waals surface area contributed by atoms with Gasteiger partial charge in [0.05, 0.1) is 11.7 Å². The first kappa shape index (κ1) is 16.6. The van der Waals surface area contributed by atoms with Gasteiger partial charge >= 0.3 is 6.18 Å². The number of hydrogen-bond donors (Lipinski definition) is 1. The van der Waals surface area contributed by atoms with Gasteiger partial charge in [0.2, 0.25) is 5.82 Å². The molecule has 0 aliphatic carbocycles. The van der Waals surface area contributed by atoms with Gasteiger partial charge in [-0.3, -0.25) is 9.67 Å². The highest BCUT2D eigenvalue weighted by molar-refractivity contribution is 5.82. The van der Waals surface area contributed by atoms with E-state index in [2.05, 4.69) is 20.2 Å². The molecule has 0 radical (unpaired) electrons. The van der Waals surface area contributed by atoms with Crippen LogP contribution in [0, 0.1) is 0 Å². The maximum Gasteiger partial charge on any atom is 0.450 e. The molecule has 134 valence electrons. The lowest BCUT2D eigenvalue weighted by atomic mass is 9.92. The Morgan fingerprint density at radius 3 is 2.46 bits per heavy atom. The van der Waals surface area contributed by atoms with Crippen LogP contribution in [0.3, 0.4) is 0 Å². The van der Waals surface area contributed by atoms with Gasteiger partial charge in [0, 0.05) is 22.2 Å². The van der Waals surface area contributed by atoms with E-state index >= 15 is 0 Å². The number of benzene rings is 1. The highest BCUT2D eigenvalue weighted by Gasteiger charge is 2.38. The maximum absolute atomic E-state index is 13.6. The first-order valence-corrected chi connectivity index (χ1v) is 8.05. The van der Waals surface area contributed by atoms with Crippen LogP contribution in [0.1, 0.15) is 32.3 Å². The predicted octanol–water partition coefficient (Wildman–Crippen LogP) is 4.61. The van der Waals surface area contributed by atoms with Crippen molar-refractivity contribution in [3.05, 3.63) is 48.0 Å². The molecule has 26 heavy (non-hydrogen) atoms. The van der Waals surface area contributed by atoms with E-state index in [1.165, 1.54) is 0 Å². The van der Waals surface area contributed by atoms with Gasteiger partial charge in [-0.15, -0.1) is 0 Å². The Morgan fingerprint density at radius 1 is 1.00 bits per heavy atom. The Kier molecular flexibility index (Phi) is 3.37. The van der Waals surface area contributed by atoms with E-state index in [0.29, 0.717) is 16.8 Å². The number of imidazole rings is 1. The fourth-order valence-corrected chi connectivity index (χ4v) is 2.88. The largest absolute Gasteiger partial charge is 0.450 e. The molecule has 1 N–H and O–H groups in total. The second-order valence-corrected chi connectivity index (χ2v) is 7.20. The van der Waals surface area contributed by atoms with Gasteiger partial charge < -0.3 is 0 Å². The van der Waals surface area contributed by atoms with Crippen molar-refractivity contribution in [2.24, 2.45) is 0 Å². The minimum atomic E-state index is -4.60. The average Bonchev–Trinajstić information content (AvgIpc) is 3.16. The molecule has 0 atom stereocenters. The van der Waals surface area contributed by atoms with Crippen molar-refractivity contribution >= 4 is 22.1 Å². The summed E-state index contributed by atoms with van der Waals surface area (Å²) in [6.45, 7) is 5.89. The van der Waals surface area contributed by atoms with Crippen LogP contribution in [0.15, 0.2) is 36.5 Å². The maximum atomic E-state index is 13.6. The van der Waals surface area contributed by atoms with Crippen LogP contribution in [-0.4, -0.2) is 24.7 Å². The van der Waals surface area contributed by atoms with Crippen LogP contribution >= 0.6 is 0 Å². The molecule has 0 amide bonds. The predicted molar refractivity (Wildman–Crippen MR) is 92.2 cm³/mol. The minimum absolute atomic E-state index is 0.188. The van der Waals surface area contributed by atoms with E-state index in [-0.39, 0.29) is 16.6 Å². The van der Waals surface area contributed by atoms with Crippen molar-refractivity contribution in [3.63, 3.8) is 0 Å². The number of halogens is 3. The van der Waals surface area contributed by atoms with Crippen LogP contribution in [0.4, 0.5) is 13.2 Å². The molecular formula is C18H16F3N5. The number of hydrogen-bond acceptors (Lipinski definition) is 3. The third-order valence-corrected chi connectivity index (χ3v) is 4.21. The standard InChI is InChI=1S/C18H16F3N5/c1-17(2,3)14-7-6-13-15(24-14)26(16(23-13)18(19,20)21)11-4-5-12-10(8-11)9-22-25-12/h4-9H,1-3H3,(H,22,25). The highest BCUT2D eigenvalue weighted by atomic mass is 19.4. The quantitative estimate of drug-likeness (QED) is 0.540. The van der Waals surface area contributed by atoms with Gasteiger partial charge in [0.1, 0.15) is 5.52 Å². The van der Waals surface area contributed by atoms with E-state index in [1.807, 2.05) is 20.8 Å². The summed E-state index contributed by atoms with van der Waals surface area (Å²) in [4.78, 5) is 8.30. The third-order valence-electron chi connectivity index (χ3n) is 4.21. The molecule has 0 saturated heterocycles.